The Morgan fingerprint density at radius 1 is 1.42 bits per heavy atom. The van der Waals surface area contributed by atoms with Crippen molar-refractivity contribution in [1.82, 2.24) is 10.3 Å². The zero-order valence-electron chi connectivity index (χ0n) is 10.0. The van der Waals surface area contributed by atoms with E-state index in [1.165, 1.54) is 11.3 Å². The molecule has 0 saturated carbocycles. The number of thiophene rings is 1. The third-order valence-electron chi connectivity index (χ3n) is 2.49. The highest BCUT2D eigenvalue weighted by molar-refractivity contribution is 7.16. The maximum atomic E-state index is 8.71. The quantitative estimate of drug-likeness (QED) is 0.342. The number of pyridine rings is 1. The first kappa shape index (κ1) is 13.8. The van der Waals surface area contributed by atoms with Crippen molar-refractivity contribution in [2.75, 3.05) is 0 Å². The van der Waals surface area contributed by atoms with Gasteiger partial charge in [-0.1, -0.05) is 22.8 Å². The van der Waals surface area contributed by atoms with E-state index in [-0.39, 0.29) is 5.84 Å². The van der Waals surface area contributed by atoms with Crippen molar-refractivity contribution in [1.29, 1.82) is 0 Å². The topological polar surface area (TPSA) is 83.5 Å². The summed E-state index contributed by atoms with van der Waals surface area (Å²) in [6.07, 6.45) is 1.61. The molecule has 2 aromatic rings. The number of aromatic nitrogens is 1. The van der Waals surface area contributed by atoms with Crippen molar-refractivity contribution in [2.45, 2.75) is 13.1 Å². The summed E-state index contributed by atoms with van der Waals surface area (Å²) in [5.41, 5.74) is 6.94. The Balaban J connectivity index is 2.00. The third-order valence-corrected chi connectivity index (χ3v) is 3.72. The molecule has 0 aliphatic rings. The molecule has 0 radical (unpaired) electrons. The molecule has 4 N–H and O–H groups in total. The van der Waals surface area contributed by atoms with Gasteiger partial charge in [-0.15, -0.1) is 11.3 Å². The summed E-state index contributed by atoms with van der Waals surface area (Å²) < 4.78 is 0.774. The average Bonchev–Trinajstić information content (AvgIpc) is 2.84. The van der Waals surface area contributed by atoms with Crippen LogP contribution in [0.1, 0.15) is 16.1 Å². The van der Waals surface area contributed by atoms with E-state index < -0.39 is 0 Å². The summed E-state index contributed by atoms with van der Waals surface area (Å²) in [5, 5.41) is 15.0. The Hall–Kier alpha value is -1.63. The van der Waals surface area contributed by atoms with Crippen molar-refractivity contribution < 1.29 is 5.21 Å². The standard InChI is InChI=1S/C12H13ClN4OS/c13-10-4-3-9(19-10)7-15-6-8-2-1-5-16-11(8)12(14)17-18/h1-5,15,18H,6-7H2,(H2,14,17). The normalized spacial score (nSPS) is 11.7. The molecule has 0 amide bonds. The molecule has 0 spiro atoms. The minimum atomic E-state index is 0.0107. The molecule has 0 fully saturated rings. The van der Waals surface area contributed by atoms with Crippen LogP contribution in [0.3, 0.4) is 0 Å². The summed E-state index contributed by atoms with van der Waals surface area (Å²) in [6, 6.07) is 7.55. The van der Waals surface area contributed by atoms with Crippen molar-refractivity contribution in [3.63, 3.8) is 0 Å². The highest BCUT2D eigenvalue weighted by Gasteiger charge is 2.07. The average molecular weight is 297 g/mol. The number of oxime groups is 1. The minimum absolute atomic E-state index is 0.0107. The molecule has 100 valence electrons. The maximum absolute atomic E-state index is 8.71. The van der Waals surface area contributed by atoms with Gasteiger partial charge >= 0.3 is 0 Å². The Morgan fingerprint density at radius 3 is 2.95 bits per heavy atom. The molecule has 7 heteroatoms. The molecule has 0 aromatic carbocycles. The van der Waals surface area contributed by atoms with E-state index >= 15 is 0 Å². The van der Waals surface area contributed by atoms with Gasteiger partial charge in [0.2, 0.25) is 0 Å². The second-order valence-corrected chi connectivity index (χ2v) is 5.61. The Bertz CT molecular complexity index is 585. The smallest absolute Gasteiger partial charge is 0.189 e. The zero-order chi connectivity index (χ0) is 13.7. The summed E-state index contributed by atoms with van der Waals surface area (Å²) in [5.74, 6) is 0.0107. The number of nitrogens with one attached hydrogen (secondary N) is 1. The number of rotatable bonds is 5. The van der Waals surface area contributed by atoms with Gasteiger partial charge < -0.3 is 16.3 Å². The molecule has 0 saturated heterocycles. The van der Waals surface area contributed by atoms with E-state index in [2.05, 4.69) is 15.5 Å². The fourth-order valence-corrected chi connectivity index (χ4v) is 2.68. The van der Waals surface area contributed by atoms with Crippen LogP contribution in [0.5, 0.6) is 0 Å². The van der Waals surface area contributed by atoms with Crippen molar-refractivity contribution >= 4 is 28.8 Å². The first-order chi connectivity index (χ1) is 9.20. The van der Waals surface area contributed by atoms with Gasteiger partial charge in [-0.05, 0) is 23.8 Å². The van der Waals surface area contributed by atoms with E-state index in [0.29, 0.717) is 18.8 Å². The van der Waals surface area contributed by atoms with E-state index in [1.807, 2.05) is 24.3 Å². The van der Waals surface area contributed by atoms with Gasteiger partial charge in [-0.25, -0.2) is 0 Å². The molecule has 2 heterocycles. The number of nitrogens with two attached hydrogens (primary N) is 1. The predicted molar refractivity (Wildman–Crippen MR) is 76.6 cm³/mol. The zero-order valence-corrected chi connectivity index (χ0v) is 11.6. The number of nitrogens with zero attached hydrogens (tertiary/aromatic N) is 2. The Morgan fingerprint density at radius 2 is 2.26 bits per heavy atom. The SMILES string of the molecule is NC(=NO)c1ncccc1CNCc1ccc(Cl)s1. The van der Waals surface area contributed by atoms with Crippen LogP contribution in [-0.2, 0) is 13.1 Å². The largest absolute Gasteiger partial charge is 0.409 e. The van der Waals surface area contributed by atoms with Crippen LogP contribution in [0, 0.1) is 0 Å². The van der Waals surface area contributed by atoms with Gasteiger partial charge in [0.05, 0.1) is 4.34 Å². The maximum Gasteiger partial charge on any atom is 0.189 e. The molecule has 0 unspecified atom stereocenters. The van der Waals surface area contributed by atoms with Gasteiger partial charge in [-0.2, -0.15) is 0 Å². The lowest BCUT2D eigenvalue weighted by Gasteiger charge is -2.07. The highest BCUT2D eigenvalue weighted by Crippen LogP contribution is 2.21. The fraction of sp³-hybridized carbons (Fsp3) is 0.167. The summed E-state index contributed by atoms with van der Waals surface area (Å²) in [7, 11) is 0. The first-order valence-electron chi connectivity index (χ1n) is 5.57. The second-order valence-electron chi connectivity index (χ2n) is 3.81. The number of hydrogen-bond donors (Lipinski definition) is 3. The van der Waals surface area contributed by atoms with Crippen LogP contribution >= 0.6 is 22.9 Å². The van der Waals surface area contributed by atoms with E-state index in [0.717, 1.165) is 14.8 Å². The molecule has 2 rings (SSSR count). The van der Waals surface area contributed by atoms with E-state index in [1.54, 1.807) is 6.20 Å². The van der Waals surface area contributed by atoms with Crippen LogP contribution in [0.15, 0.2) is 35.6 Å². The second kappa shape index (κ2) is 6.51. The van der Waals surface area contributed by atoms with Crippen LogP contribution in [0.4, 0.5) is 0 Å². The Kier molecular flexibility index (Phi) is 4.73. The summed E-state index contributed by atoms with van der Waals surface area (Å²) in [6.45, 7) is 1.29. The molecule has 2 aromatic heterocycles. The van der Waals surface area contributed by atoms with Crippen molar-refractivity contribution in [3.8, 4) is 0 Å². The van der Waals surface area contributed by atoms with Crippen molar-refractivity contribution in [3.05, 3.63) is 50.9 Å². The fourth-order valence-electron chi connectivity index (χ4n) is 1.63. The molecule has 19 heavy (non-hydrogen) atoms. The molecular formula is C12H13ClN4OS. The van der Waals surface area contributed by atoms with Crippen LogP contribution in [0.2, 0.25) is 4.34 Å². The number of hydrogen-bond acceptors (Lipinski definition) is 5. The number of amidine groups is 1. The van der Waals surface area contributed by atoms with Gasteiger partial charge in [0, 0.05) is 24.2 Å². The lowest BCUT2D eigenvalue weighted by atomic mass is 10.2. The molecule has 5 nitrogen and oxygen atoms in total. The van der Waals surface area contributed by atoms with Crippen LogP contribution in [0.25, 0.3) is 0 Å². The van der Waals surface area contributed by atoms with E-state index in [9.17, 15) is 0 Å². The highest BCUT2D eigenvalue weighted by atomic mass is 35.5. The van der Waals surface area contributed by atoms with Crippen molar-refractivity contribution in [2.24, 2.45) is 10.9 Å². The minimum Gasteiger partial charge on any atom is -0.409 e. The molecular weight excluding hydrogens is 284 g/mol. The summed E-state index contributed by atoms with van der Waals surface area (Å²) in [4.78, 5) is 5.26. The lowest BCUT2D eigenvalue weighted by molar-refractivity contribution is 0.318. The van der Waals surface area contributed by atoms with E-state index in [4.69, 9.17) is 22.5 Å². The third kappa shape index (κ3) is 3.66. The monoisotopic (exact) mass is 296 g/mol. The number of halogens is 1. The van der Waals surface area contributed by atoms with Gasteiger partial charge in [-0.3, -0.25) is 4.98 Å². The predicted octanol–water partition coefficient (Wildman–Crippen LogP) is 2.18. The summed E-state index contributed by atoms with van der Waals surface area (Å²) >= 11 is 7.40. The Labute approximate surface area is 119 Å². The molecule has 0 bridgehead atoms. The van der Waals surface area contributed by atoms with Crippen LogP contribution < -0.4 is 11.1 Å². The van der Waals surface area contributed by atoms with Crippen LogP contribution in [-0.4, -0.2) is 16.0 Å². The lowest BCUT2D eigenvalue weighted by Crippen LogP contribution is -2.21. The first-order valence-corrected chi connectivity index (χ1v) is 6.77. The van der Waals surface area contributed by atoms with Gasteiger partial charge in [0.1, 0.15) is 5.69 Å². The van der Waals surface area contributed by atoms with Gasteiger partial charge in [0.15, 0.2) is 5.84 Å². The molecule has 0 atom stereocenters. The molecule has 0 aliphatic carbocycles. The molecule has 0 aliphatic heterocycles. The van der Waals surface area contributed by atoms with Gasteiger partial charge in [0.25, 0.3) is 0 Å².